The fourth-order valence-corrected chi connectivity index (χ4v) is 1.14. The lowest BCUT2D eigenvalue weighted by atomic mass is 10.1. The summed E-state index contributed by atoms with van der Waals surface area (Å²) in [4.78, 5) is 11.3. The van der Waals surface area contributed by atoms with Gasteiger partial charge in [0.05, 0.1) is 0 Å². The van der Waals surface area contributed by atoms with Crippen LogP contribution in [-0.4, -0.2) is 28.4 Å². The number of hydrogen-bond donors (Lipinski definition) is 2. The van der Waals surface area contributed by atoms with Crippen LogP contribution in [0.2, 0.25) is 0 Å². The monoisotopic (exact) mass is 210 g/mol. The van der Waals surface area contributed by atoms with Crippen LogP contribution in [0.5, 0.6) is 5.75 Å². The number of Topliss-reactive ketones (excluding diaryl/α,β-unsaturated/α-hetero) is 1. The maximum Gasteiger partial charge on any atom is 0.194 e. The molecule has 0 bridgehead atoms. The van der Waals surface area contributed by atoms with Gasteiger partial charge in [0.1, 0.15) is 11.9 Å². The maximum atomic E-state index is 11.3. The minimum absolute atomic E-state index is 0.335. The van der Waals surface area contributed by atoms with Crippen LogP contribution in [0, 0.1) is 0 Å². The fourth-order valence-electron chi connectivity index (χ4n) is 1.14. The van der Waals surface area contributed by atoms with E-state index in [1.165, 1.54) is 13.8 Å². The minimum atomic E-state index is -1.01. The predicted molar refractivity (Wildman–Crippen MR) is 54.8 cm³/mol. The lowest BCUT2D eigenvalue weighted by Gasteiger charge is -2.09. The van der Waals surface area contributed by atoms with Crippen molar-refractivity contribution in [3.63, 3.8) is 0 Å². The second-order valence-corrected chi connectivity index (χ2v) is 3.28. The Kier molecular flexibility index (Phi) is 3.82. The highest BCUT2D eigenvalue weighted by Crippen LogP contribution is 2.14. The van der Waals surface area contributed by atoms with Crippen LogP contribution < -0.4 is 4.74 Å². The second kappa shape index (κ2) is 4.91. The smallest absolute Gasteiger partial charge is 0.194 e. The third kappa shape index (κ3) is 3.34. The lowest BCUT2D eigenvalue weighted by molar-refractivity contribution is -0.000296. The first kappa shape index (κ1) is 11.7. The van der Waals surface area contributed by atoms with Crippen LogP contribution in [0.4, 0.5) is 0 Å². The van der Waals surface area contributed by atoms with Crippen molar-refractivity contribution < 1.29 is 19.7 Å². The van der Waals surface area contributed by atoms with Gasteiger partial charge in [0.2, 0.25) is 0 Å². The van der Waals surface area contributed by atoms with Crippen LogP contribution in [0.15, 0.2) is 24.3 Å². The molecule has 0 radical (unpaired) electrons. The highest BCUT2D eigenvalue weighted by molar-refractivity contribution is 5.99. The molecule has 0 aliphatic heterocycles. The molecule has 0 aromatic heterocycles. The lowest BCUT2D eigenvalue weighted by Crippen LogP contribution is -2.16. The zero-order chi connectivity index (χ0) is 11.4. The van der Waals surface area contributed by atoms with E-state index in [9.17, 15) is 4.79 Å². The molecule has 0 fully saturated rings. The summed E-state index contributed by atoms with van der Waals surface area (Å²) in [6.45, 7) is 2.91. The zero-order valence-electron chi connectivity index (χ0n) is 8.68. The molecule has 0 saturated heterocycles. The molecule has 4 nitrogen and oxygen atoms in total. The van der Waals surface area contributed by atoms with Crippen molar-refractivity contribution in [3.8, 4) is 5.75 Å². The molecule has 0 amide bonds. The molecule has 0 spiro atoms. The molecule has 2 unspecified atom stereocenters. The summed E-state index contributed by atoms with van der Waals surface area (Å²) in [6, 6.07) is 6.24. The van der Waals surface area contributed by atoms with Crippen molar-refractivity contribution in [3.05, 3.63) is 29.8 Å². The molecular weight excluding hydrogens is 196 g/mol. The molecule has 1 rings (SSSR count). The molecule has 0 heterocycles. The first-order valence-corrected chi connectivity index (χ1v) is 4.68. The molecule has 82 valence electrons. The Morgan fingerprint density at radius 2 is 1.73 bits per heavy atom. The van der Waals surface area contributed by atoms with Gasteiger partial charge >= 0.3 is 0 Å². The van der Waals surface area contributed by atoms with Gasteiger partial charge in [0.15, 0.2) is 12.1 Å². The number of carbonyl (C=O) groups excluding carboxylic acids is 1. The van der Waals surface area contributed by atoms with Gasteiger partial charge in [-0.3, -0.25) is 4.79 Å². The molecule has 0 saturated carbocycles. The van der Waals surface area contributed by atoms with E-state index in [2.05, 4.69) is 0 Å². The van der Waals surface area contributed by atoms with E-state index in [4.69, 9.17) is 14.9 Å². The summed E-state index contributed by atoms with van der Waals surface area (Å²) in [5, 5.41) is 18.0. The van der Waals surface area contributed by atoms with Crippen LogP contribution in [0.3, 0.4) is 0 Å². The van der Waals surface area contributed by atoms with Crippen molar-refractivity contribution >= 4 is 5.78 Å². The summed E-state index contributed by atoms with van der Waals surface area (Å²) in [5.74, 6) is 0.144. The quantitative estimate of drug-likeness (QED) is 0.574. The Hall–Kier alpha value is -1.39. The van der Waals surface area contributed by atoms with Gasteiger partial charge < -0.3 is 14.9 Å². The van der Waals surface area contributed by atoms with Gasteiger partial charge in [0, 0.05) is 5.56 Å². The zero-order valence-corrected chi connectivity index (χ0v) is 8.68. The van der Waals surface area contributed by atoms with E-state index >= 15 is 0 Å². The van der Waals surface area contributed by atoms with E-state index < -0.39 is 12.4 Å². The van der Waals surface area contributed by atoms with Gasteiger partial charge in [-0.1, -0.05) is 0 Å². The van der Waals surface area contributed by atoms with E-state index in [1.54, 1.807) is 24.3 Å². The topological polar surface area (TPSA) is 66.8 Å². The van der Waals surface area contributed by atoms with Crippen LogP contribution in [0.1, 0.15) is 24.2 Å². The third-order valence-electron chi connectivity index (χ3n) is 1.82. The van der Waals surface area contributed by atoms with Crippen LogP contribution in [0.25, 0.3) is 0 Å². The highest BCUT2D eigenvalue weighted by atomic mass is 16.6. The number of aliphatic hydroxyl groups is 2. The Labute approximate surface area is 88.1 Å². The van der Waals surface area contributed by atoms with Crippen molar-refractivity contribution in [1.29, 1.82) is 0 Å². The number of rotatable bonds is 4. The largest absolute Gasteiger partial charge is 0.465 e. The Morgan fingerprint density at radius 1 is 1.20 bits per heavy atom. The molecule has 2 N–H and O–H groups in total. The Morgan fingerprint density at radius 3 is 2.13 bits per heavy atom. The Bertz CT molecular complexity index is 327. The van der Waals surface area contributed by atoms with E-state index in [-0.39, 0.29) is 5.78 Å². The predicted octanol–water partition coefficient (Wildman–Crippen LogP) is 0.967. The van der Waals surface area contributed by atoms with Crippen molar-refractivity contribution in [1.82, 2.24) is 0 Å². The molecule has 1 aromatic carbocycles. The third-order valence-corrected chi connectivity index (χ3v) is 1.82. The number of ketones is 1. The van der Waals surface area contributed by atoms with E-state index in [0.29, 0.717) is 11.3 Å². The highest BCUT2D eigenvalue weighted by Gasteiger charge is 2.11. The van der Waals surface area contributed by atoms with Crippen molar-refractivity contribution in [2.75, 3.05) is 0 Å². The summed E-state index contributed by atoms with van der Waals surface area (Å²) < 4.78 is 4.99. The van der Waals surface area contributed by atoms with Crippen molar-refractivity contribution in [2.24, 2.45) is 0 Å². The standard InChI is InChI=1S/C11H14O4/c1-7(12)11(14)9-3-5-10(6-4-9)15-8(2)13/h3-8,12-13H,1-2H3. The number of benzene rings is 1. The summed E-state index contributed by atoms with van der Waals surface area (Å²) in [5.41, 5.74) is 0.419. The Balaban J connectivity index is 2.76. The van der Waals surface area contributed by atoms with Gasteiger partial charge in [0.25, 0.3) is 0 Å². The first-order valence-electron chi connectivity index (χ1n) is 4.68. The number of carbonyl (C=O) groups is 1. The number of aliphatic hydroxyl groups excluding tert-OH is 2. The van der Waals surface area contributed by atoms with Gasteiger partial charge in [-0.2, -0.15) is 0 Å². The minimum Gasteiger partial charge on any atom is -0.465 e. The second-order valence-electron chi connectivity index (χ2n) is 3.28. The van der Waals surface area contributed by atoms with Crippen LogP contribution >= 0.6 is 0 Å². The first-order chi connectivity index (χ1) is 7.00. The molecule has 0 aliphatic carbocycles. The SMILES string of the molecule is CC(O)Oc1ccc(C(=O)C(C)O)cc1. The van der Waals surface area contributed by atoms with E-state index in [0.717, 1.165) is 0 Å². The summed E-state index contributed by atoms with van der Waals surface area (Å²) in [7, 11) is 0. The summed E-state index contributed by atoms with van der Waals surface area (Å²) >= 11 is 0. The van der Waals surface area contributed by atoms with Crippen LogP contribution in [-0.2, 0) is 0 Å². The van der Waals surface area contributed by atoms with Gasteiger partial charge in [-0.25, -0.2) is 0 Å². The molecule has 0 aliphatic rings. The normalized spacial score (nSPS) is 14.4. The maximum absolute atomic E-state index is 11.3. The molecule has 2 atom stereocenters. The number of hydrogen-bond acceptors (Lipinski definition) is 4. The van der Waals surface area contributed by atoms with Gasteiger partial charge in [-0.05, 0) is 38.1 Å². The van der Waals surface area contributed by atoms with Gasteiger partial charge in [-0.15, -0.1) is 0 Å². The molecule has 4 heteroatoms. The number of ether oxygens (including phenoxy) is 1. The molecule has 1 aromatic rings. The molecular formula is C11H14O4. The summed E-state index contributed by atoms with van der Waals surface area (Å²) in [6.07, 6.45) is -1.89. The van der Waals surface area contributed by atoms with Crippen molar-refractivity contribution in [2.45, 2.75) is 26.2 Å². The average molecular weight is 210 g/mol. The average Bonchev–Trinajstić information content (AvgIpc) is 2.17. The molecule has 15 heavy (non-hydrogen) atoms. The fraction of sp³-hybridized carbons (Fsp3) is 0.364. The van der Waals surface area contributed by atoms with E-state index in [1.807, 2.05) is 0 Å².